The number of carboxylic acids is 1. The van der Waals surface area contributed by atoms with E-state index in [1.54, 1.807) is 19.2 Å². The molecule has 0 aliphatic heterocycles. The van der Waals surface area contributed by atoms with Crippen LogP contribution in [0.25, 0.3) is 0 Å². The maximum absolute atomic E-state index is 12.4. The van der Waals surface area contributed by atoms with Crippen LogP contribution in [0.15, 0.2) is 36.5 Å². The highest BCUT2D eigenvalue weighted by Crippen LogP contribution is 2.28. The quantitative estimate of drug-likeness (QED) is 0.191. The van der Waals surface area contributed by atoms with Gasteiger partial charge in [-0.05, 0) is 56.9 Å². The second kappa shape index (κ2) is 13.0. The van der Waals surface area contributed by atoms with Crippen LogP contribution in [0.2, 0.25) is 0 Å². The van der Waals surface area contributed by atoms with Crippen LogP contribution in [0.3, 0.4) is 0 Å². The number of nitro benzene ring substituents is 1. The van der Waals surface area contributed by atoms with Crippen LogP contribution in [-0.4, -0.2) is 45.9 Å². The molecule has 188 valence electrons. The molecule has 11 heteroatoms. The minimum Gasteiger partial charge on any atom is -0.481 e. The number of anilines is 1. The molecule has 0 aliphatic rings. The number of carbonyl (C=O) groups excluding carboxylic acids is 2. The molecule has 0 aliphatic carbocycles. The zero-order valence-electron chi connectivity index (χ0n) is 20.0. The van der Waals surface area contributed by atoms with E-state index in [-0.39, 0.29) is 24.6 Å². The van der Waals surface area contributed by atoms with Crippen molar-refractivity contribution in [2.45, 2.75) is 46.1 Å². The second-order valence-electron chi connectivity index (χ2n) is 8.35. The van der Waals surface area contributed by atoms with E-state index in [0.29, 0.717) is 24.1 Å². The van der Waals surface area contributed by atoms with Gasteiger partial charge in [0.25, 0.3) is 5.69 Å². The summed E-state index contributed by atoms with van der Waals surface area (Å²) in [5.41, 5.74) is 1.65. The van der Waals surface area contributed by atoms with Crippen molar-refractivity contribution in [2.75, 3.05) is 18.4 Å². The summed E-state index contributed by atoms with van der Waals surface area (Å²) >= 11 is 0. The Bertz CT molecular complexity index is 1070. The Morgan fingerprint density at radius 3 is 2.51 bits per heavy atom. The van der Waals surface area contributed by atoms with Gasteiger partial charge in [0.2, 0.25) is 11.8 Å². The molecule has 0 radical (unpaired) electrons. The van der Waals surface area contributed by atoms with E-state index in [0.717, 1.165) is 17.8 Å². The molecule has 2 aromatic rings. The lowest BCUT2D eigenvalue weighted by molar-refractivity contribution is -0.385. The Labute approximate surface area is 203 Å². The third kappa shape index (κ3) is 8.69. The number of aromatic nitrogens is 1. The predicted molar refractivity (Wildman–Crippen MR) is 130 cm³/mol. The highest BCUT2D eigenvalue weighted by atomic mass is 16.6. The number of hydrogen-bond acceptors (Lipinski definition) is 7. The molecule has 4 N–H and O–H groups in total. The van der Waals surface area contributed by atoms with Crippen LogP contribution in [0.5, 0.6) is 0 Å². The van der Waals surface area contributed by atoms with Crippen LogP contribution in [-0.2, 0) is 14.4 Å². The number of nitrogens with one attached hydrogen (secondary N) is 3. The van der Waals surface area contributed by atoms with Crippen molar-refractivity contribution in [1.82, 2.24) is 15.6 Å². The van der Waals surface area contributed by atoms with Gasteiger partial charge in [-0.15, -0.1) is 0 Å². The first-order valence-corrected chi connectivity index (χ1v) is 11.3. The summed E-state index contributed by atoms with van der Waals surface area (Å²) in [5, 5.41) is 29.0. The molecule has 2 rings (SSSR count). The van der Waals surface area contributed by atoms with Crippen LogP contribution in [0.1, 0.15) is 48.9 Å². The molecule has 2 unspecified atom stereocenters. The first-order valence-electron chi connectivity index (χ1n) is 11.3. The van der Waals surface area contributed by atoms with Crippen LogP contribution in [0, 0.1) is 29.9 Å². The van der Waals surface area contributed by atoms with Gasteiger partial charge in [-0.25, -0.2) is 4.98 Å². The molecule has 0 spiro atoms. The fourth-order valence-electron chi connectivity index (χ4n) is 3.41. The molecule has 11 nitrogen and oxygen atoms in total. The number of aryl methyl sites for hydroxylation is 2. The minimum atomic E-state index is -1.17. The first kappa shape index (κ1) is 27.2. The van der Waals surface area contributed by atoms with Gasteiger partial charge >= 0.3 is 5.97 Å². The molecular weight excluding hydrogens is 454 g/mol. The van der Waals surface area contributed by atoms with Crippen molar-refractivity contribution >= 4 is 29.3 Å². The Balaban J connectivity index is 1.84. The third-order valence-electron chi connectivity index (χ3n) is 5.49. The standard InChI is InChI=1S/C24H31N5O6/c1-15-9-11-26-20(12-15)25-10-5-4-6-21(30)27-14-22(31)28-23(17(3)24(32)33)18-8-7-16(2)19(13-18)29(34)35/h7-9,11-13,17,23H,4-6,10,14H2,1-3H3,(H,25,26)(H,27,30)(H,28,31)(H,32,33). The monoisotopic (exact) mass is 485 g/mol. The molecule has 1 heterocycles. The summed E-state index contributed by atoms with van der Waals surface area (Å²) in [6.45, 7) is 5.27. The lowest BCUT2D eigenvalue weighted by Gasteiger charge is -2.23. The molecule has 35 heavy (non-hydrogen) atoms. The lowest BCUT2D eigenvalue weighted by atomic mass is 9.93. The number of carbonyl (C=O) groups is 3. The van der Waals surface area contributed by atoms with Crippen LogP contribution in [0.4, 0.5) is 11.5 Å². The fraction of sp³-hybridized carbons (Fsp3) is 0.417. The van der Waals surface area contributed by atoms with Gasteiger partial charge in [-0.2, -0.15) is 0 Å². The van der Waals surface area contributed by atoms with Gasteiger partial charge in [0, 0.05) is 30.8 Å². The molecule has 0 fully saturated rings. The average Bonchev–Trinajstić information content (AvgIpc) is 2.80. The maximum atomic E-state index is 12.4. The summed E-state index contributed by atoms with van der Waals surface area (Å²) in [6.07, 6.45) is 3.30. The average molecular weight is 486 g/mol. The van der Waals surface area contributed by atoms with E-state index < -0.39 is 28.8 Å². The number of nitro groups is 1. The number of unbranched alkanes of at least 4 members (excludes halogenated alkanes) is 1. The summed E-state index contributed by atoms with van der Waals surface area (Å²) in [5.74, 6) is -2.34. The molecule has 1 aromatic heterocycles. The second-order valence-corrected chi connectivity index (χ2v) is 8.35. The van der Waals surface area contributed by atoms with Gasteiger partial charge in [0.05, 0.1) is 23.4 Å². The number of amides is 2. The number of nitrogens with zero attached hydrogens (tertiary/aromatic N) is 2. The van der Waals surface area contributed by atoms with Crippen molar-refractivity contribution in [3.05, 3.63) is 63.3 Å². The number of aliphatic carboxylic acids is 1. The SMILES string of the molecule is Cc1ccnc(NCCCCC(=O)NCC(=O)NC(c2ccc(C)c([N+](=O)[O-])c2)C(C)C(=O)O)c1. The molecule has 0 bridgehead atoms. The smallest absolute Gasteiger partial charge is 0.308 e. The van der Waals surface area contributed by atoms with E-state index in [2.05, 4.69) is 20.9 Å². The zero-order chi connectivity index (χ0) is 26.0. The maximum Gasteiger partial charge on any atom is 0.308 e. The van der Waals surface area contributed by atoms with E-state index in [1.807, 2.05) is 19.1 Å². The lowest BCUT2D eigenvalue weighted by Crippen LogP contribution is -2.41. The fourth-order valence-corrected chi connectivity index (χ4v) is 3.41. The number of benzene rings is 1. The largest absolute Gasteiger partial charge is 0.481 e. The van der Waals surface area contributed by atoms with Crippen molar-refractivity contribution in [3.63, 3.8) is 0 Å². The third-order valence-corrected chi connectivity index (χ3v) is 5.49. The van der Waals surface area contributed by atoms with E-state index in [1.165, 1.54) is 19.1 Å². The predicted octanol–water partition coefficient (Wildman–Crippen LogP) is 2.88. The van der Waals surface area contributed by atoms with Crippen molar-refractivity contribution in [1.29, 1.82) is 0 Å². The van der Waals surface area contributed by atoms with Crippen LogP contribution < -0.4 is 16.0 Å². The van der Waals surface area contributed by atoms with Crippen molar-refractivity contribution in [3.8, 4) is 0 Å². The van der Waals surface area contributed by atoms with E-state index >= 15 is 0 Å². The van der Waals surface area contributed by atoms with Crippen molar-refractivity contribution in [2.24, 2.45) is 5.92 Å². The van der Waals surface area contributed by atoms with E-state index in [9.17, 15) is 29.6 Å². The first-order chi connectivity index (χ1) is 16.6. The normalized spacial score (nSPS) is 12.3. The molecule has 0 saturated heterocycles. The summed E-state index contributed by atoms with van der Waals surface area (Å²) < 4.78 is 0. The van der Waals surface area contributed by atoms with Gasteiger partial charge in [-0.1, -0.05) is 12.1 Å². The summed E-state index contributed by atoms with van der Waals surface area (Å²) in [7, 11) is 0. The molecule has 2 atom stereocenters. The number of pyridine rings is 1. The Morgan fingerprint density at radius 2 is 1.86 bits per heavy atom. The minimum absolute atomic E-state index is 0.166. The Kier molecular flexibility index (Phi) is 10.1. The zero-order valence-corrected chi connectivity index (χ0v) is 20.0. The Hall–Kier alpha value is -4.02. The summed E-state index contributed by atoms with van der Waals surface area (Å²) in [4.78, 5) is 51.0. The number of rotatable bonds is 13. The molecule has 2 amide bonds. The van der Waals surface area contributed by atoms with Gasteiger partial charge < -0.3 is 21.1 Å². The van der Waals surface area contributed by atoms with E-state index in [4.69, 9.17) is 0 Å². The topological polar surface area (TPSA) is 164 Å². The number of hydrogen-bond donors (Lipinski definition) is 4. The highest BCUT2D eigenvalue weighted by molar-refractivity contribution is 5.85. The highest BCUT2D eigenvalue weighted by Gasteiger charge is 2.28. The number of carboxylic acid groups (broad SMARTS) is 1. The van der Waals surface area contributed by atoms with Gasteiger partial charge in [0.1, 0.15) is 5.82 Å². The van der Waals surface area contributed by atoms with Crippen LogP contribution >= 0.6 is 0 Å². The molecular formula is C24H31N5O6. The summed E-state index contributed by atoms with van der Waals surface area (Å²) in [6, 6.07) is 7.15. The van der Waals surface area contributed by atoms with Gasteiger partial charge in [-0.3, -0.25) is 24.5 Å². The van der Waals surface area contributed by atoms with Gasteiger partial charge in [0.15, 0.2) is 0 Å². The molecule has 0 saturated carbocycles. The molecule has 1 aromatic carbocycles. The Morgan fingerprint density at radius 1 is 1.11 bits per heavy atom. The van der Waals surface area contributed by atoms with Crippen molar-refractivity contribution < 1.29 is 24.4 Å².